The van der Waals surface area contributed by atoms with Gasteiger partial charge in [0.15, 0.2) is 0 Å². The Labute approximate surface area is 115 Å². The molecule has 1 aliphatic heterocycles. The van der Waals surface area contributed by atoms with Crippen LogP contribution in [0, 0.1) is 17.7 Å². The third kappa shape index (κ3) is 3.69. The first kappa shape index (κ1) is 14.3. The first-order valence-electron chi connectivity index (χ1n) is 7.33. The molecule has 0 spiro atoms. The Hall–Kier alpha value is -1.09. The molecule has 1 aromatic carbocycles. The molecular weight excluding hydrogens is 239 g/mol. The normalized spacial score (nSPS) is 21.6. The van der Waals surface area contributed by atoms with Crippen LogP contribution in [0.2, 0.25) is 0 Å². The Balaban J connectivity index is 2.00. The number of anilines is 1. The zero-order valence-corrected chi connectivity index (χ0v) is 12.0. The second-order valence-electron chi connectivity index (χ2n) is 6.02. The topological polar surface area (TPSA) is 29.3 Å². The molecule has 19 heavy (non-hydrogen) atoms. The van der Waals surface area contributed by atoms with E-state index in [0.29, 0.717) is 17.8 Å². The highest BCUT2D eigenvalue weighted by Gasteiger charge is 2.20. The van der Waals surface area contributed by atoms with Crippen LogP contribution in [0.15, 0.2) is 18.2 Å². The van der Waals surface area contributed by atoms with Gasteiger partial charge in [0.05, 0.1) is 0 Å². The fourth-order valence-electron chi connectivity index (χ4n) is 2.97. The Kier molecular flexibility index (Phi) is 4.81. The summed E-state index contributed by atoms with van der Waals surface area (Å²) in [6.07, 6.45) is 3.71. The van der Waals surface area contributed by atoms with Crippen molar-refractivity contribution in [2.45, 2.75) is 39.7 Å². The number of nitrogens with two attached hydrogens (primary N) is 1. The molecule has 1 aromatic rings. The minimum Gasteiger partial charge on any atom is -0.398 e. The van der Waals surface area contributed by atoms with E-state index in [0.717, 1.165) is 24.9 Å². The number of hydrogen-bond acceptors (Lipinski definition) is 2. The van der Waals surface area contributed by atoms with E-state index in [1.807, 2.05) is 0 Å². The molecule has 0 bridgehead atoms. The molecule has 2 rings (SSSR count). The van der Waals surface area contributed by atoms with Crippen LogP contribution in [0.25, 0.3) is 0 Å². The largest absolute Gasteiger partial charge is 0.398 e. The van der Waals surface area contributed by atoms with Crippen LogP contribution >= 0.6 is 0 Å². The Morgan fingerprint density at radius 3 is 2.79 bits per heavy atom. The van der Waals surface area contributed by atoms with E-state index >= 15 is 0 Å². The lowest BCUT2D eigenvalue weighted by Gasteiger charge is -2.22. The molecule has 0 saturated carbocycles. The van der Waals surface area contributed by atoms with E-state index in [1.165, 1.54) is 25.3 Å². The second-order valence-corrected chi connectivity index (χ2v) is 6.02. The third-order valence-corrected chi connectivity index (χ3v) is 4.34. The van der Waals surface area contributed by atoms with Crippen LogP contribution in [-0.2, 0) is 6.54 Å². The van der Waals surface area contributed by atoms with Crippen molar-refractivity contribution in [3.63, 3.8) is 0 Å². The van der Waals surface area contributed by atoms with Crippen molar-refractivity contribution in [2.24, 2.45) is 11.8 Å². The quantitative estimate of drug-likeness (QED) is 0.844. The molecular formula is C16H25FN2. The van der Waals surface area contributed by atoms with Crippen LogP contribution in [-0.4, -0.2) is 18.0 Å². The number of rotatable bonds is 3. The minimum absolute atomic E-state index is 0.176. The summed E-state index contributed by atoms with van der Waals surface area (Å²) in [7, 11) is 0. The van der Waals surface area contributed by atoms with E-state index in [1.54, 1.807) is 12.1 Å². The summed E-state index contributed by atoms with van der Waals surface area (Å²) in [5.74, 6) is 1.38. The van der Waals surface area contributed by atoms with Gasteiger partial charge in [0.25, 0.3) is 0 Å². The van der Waals surface area contributed by atoms with Crippen molar-refractivity contribution in [2.75, 3.05) is 18.8 Å². The summed E-state index contributed by atoms with van der Waals surface area (Å²) >= 11 is 0. The molecule has 1 aliphatic rings. The summed E-state index contributed by atoms with van der Waals surface area (Å²) in [6, 6.07) is 4.96. The van der Waals surface area contributed by atoms with Crippen molar-refractivity contribution < 1.29 is 4.39 Å². The van der Waals surface area contributed by atoms with E-state index in [-0.39, 0.29) is 5.82 Å². The molecule has 0 aliphatic carbocycles. The molecule has 2 N–H and O–H groups in total. The first-order chi connectivity index (χ1) is 9.08. The number of hydrogen-bond donors (Lipinski definition) is 1. The van der Waals surface area contributed by atoms with Crippen molar-refractivity contribution in [3.8, 4) is 0 Å². The summed E-state index contributed by atoms with van der Waals surface area (Å²) in [4.78, 5) is 2.34. The van der Waals surface area contributed by atoms with E-state index in [9.17, 15) is 4.39 Å². The fraction of sp³-hybridized carbons (Fsp3) is 0.625. The maximum absolute atomic E-state index is 13.8. The highest BCUT2D eigenvalue weighted by Crippen LogP contribution is 2.26. The summed E-state index contributed by atoms with van der Waals surface area (Å²) in [5.41, 5.74) is 7.12. The highest BCUT2D eigenvalue weighted by atomic mass is 19.1. The molecule has 1 fully saturated rings. The van der Waals surface area contributed by atoms with Crippen LogP contribution in [0.3, 0.4) is 0 Å². The molecule has 1 atom stereocenters. The molecule has 0 amide bonds. The SMILES string of the molecule is CC(C)C1CCCN(Cc2c(N)cccc2F)CC1. The molecule has 1 heterocycles. The van der Waals surface area contributed by atoms with E-state index in [2.05, 4.69) is 18.7 Å². The van der Waals surface area contributed by atoms with Gasteiger partial charge in [-0.15, -0.1) is 0 Å². The van der Waals surface area contributed by atoms with Crippen LogP contribution < -0.4 is 5.73 Å². The zero-order chi connectivity index (χ0) is 13.8. The first-order valence-corrected chi connectivity index (χ1v) is 7.33. The van der Waals surface area contributed by atoms with Crippen molar-refractivity contribution in [1.29, 1.82) is 0 Å². The lowest BCUT2D eigenvalue weighted by atomic mass is 9.89. The Morgan fingerprint density at radius 1 is 1.32 bits per heavy atom. The predicted octanol–water partition coefficient (Wildman–Crippen LogP) is 3.67. The standard InChI is InChI=1S/C16H25FN2/c1-12(2)13-5-4-9-19(10-8-13)11-14-15(17)6-3-7-16(14)18/h3,6-7,12-13H,4-5,8-11,18H2,1-2H3. The summed E-state index contributed by atoms with van der Waals surface area (Å²) in [5, 5.41) is 0. The maximum atomic E-state index is 13.8. The third-order valence-electron chi connectivity index (χ3n) is 4.34. The average Bonchev–Trinajstić information content (AvgIpc) is 2.59. The van der Waals surface area contributed by atoms with Crippen molar-refractivity contribution in [1.82, 2.24) is 4.90 Å². The smallest absolute Gasteiger partial charge is 0.129 e. The van der Waals surface area contributed by atoms with Gasteiger partial charge < -0.3 is 5.73 Å². The molecule has 1 saturated heterocycles. The zero-order valence-electron chi connectivity index (χ0n) is 12.0. The summed E-state index contributed by atoms with van der Waals surface area (Å²) < 4.78 is 13.8. The number of benzene rings is 1. The highest BCUT2D eigenvalue weighted by molar-refractivity contribution is 5.47. The number of nitrogen functional groups attached to an aromatic ring is 1. The van der Waals surface area contributed by atoms with Gasteiger partial charge in [-0.05, 0) is 56.3 Å². The second kappa shape index (κ2) is 6.38. The van der Waals surface area contributed by atoms with Crippen molar-refractivity contribution in [3.05, 3.63) is 29.6 Å². The van der Waals surface area contributed by atoms with Crippen LogP contribution in [0.1, 0.15) is 38.7 Å². The summed E-state index contributed by atoms with van der Waals surface area (Å²) in [6.45, 7) is 7.35. The molecule has 2 nitrogen and oxygen atoms in total. The average molecular weight is 264 g/mol. The fourth-order valence-corrected chi connectivity index (χ4v) is 2.97. The van der Waals surface area contributed by atoms with Gasteiger partial charge in [-0.2, -0.15) is 0 Å². The van der Waals surface area contributed by atoms with E-state index < -0.39 is 0 Å². The molecule has 1 unspecified atom stereocenters. The molecule has 0 aromatic heterocycles. The predicted molar refractivity (Wildman–Crippen MR) is 78.3 cm³/mol. The van der Waals surface area contributed by atoms with Crippen molar-refractivity contribution >= 4 is 5.69 Å². The van der Waals surface area contributed by atoms with Crippen LogP contribution in [0.4, 0.5) is 10.1 Å². The number of nitrogens with zero attached hydrogens (tertiary/aromatic N) is 1. The van der Waals surface area contributed by atoms with Gasteiger partial charge in [-0.3, -0.25) is 4.90 Å². The minimum atomic E-state index is -0.176. The van der Waals surface area contributed by atoms with Gasteiger partial charge in [0.2, 0.25) is 0 Å². The lowest BCUT2D eigenvalue weighted by Crippen LogP contribution is -2.25. The molecule has 0 radical (unpaired) electrons. The maximum Gasteiger partial charge on any atom is 0.129 e. The monoisotopic (exact) mass is 264 g/mol. The Morgan fingerprint density at radius 2 is 2.11 bits per heavy atom. The lowest BCUT2D eigenvalue weighted by molar-refractivity contribution is 0.262. The van der Waals surface area contributed by atoms with Gasteiger partial charge in [-0.25, -0.2) is 4.39 Å². The van der Waals surface area contributed by atoms with Gasteiger partial charge in [0, 0.05) is 17.8 Å². The van der Waals surface area contributed by atoms with E-state index in [4.69, 9.17) is 5.73 Å². The van der Waals surface area contributed by atoms with Gasteiger partial charge in [0.1, 0.15) is 5.82 Å². The van der Waals surface area contributed by atoms with Gasteiger partial charge in [-0.1, -0.05) is 19.9 Å². The number of halogens is 1. The molecule has 106 valence electrons. The Bertz CT molecular complexity index is 397. The number of likely N-dealkylation sites (tertiary alicyclic amines) is 1. The molecule has 3 heteroatoms. The van der Waals surface area contributed by atoms with Gasteiger partial charge >= 0.3 is 0 Å². The van der Waals surface area contributed by atoms with Crippen LogP contribution in [0.5, 0.6) is 0 Å².